The number of thioether (sulfide) groups is 1. The third kappa shape index (κ3) is 5.72. The summed E-state index contributed by atoms with van der Waals surface area (Å²) in [5, 5.41) is 4.66. The molecule has 7 heteroatoms. The zero-order valence-electron chi connectivity index (χ0n) is 9.69. The lowest BCUT2D eigenvalue weighted by Crippen LogP contribution is -2.32. The molecular formula is C9H19N3O2S2. The number of amidine groups is 1. The summed E-state index contributed by atoms with van der Waals surface area (Å²) in [6.07, 6.45) is 3.52. The monoisotopic (exact) mass is 265 g/mol. The summed E-state index contributed by atoms with van der Waals surface area (Å²) < 4.78 is 24.0. The number of nitrogens with one attached hydrogen (secondary N) is 2. The van der Waals surface area contributed by atoms with E-state index in [1.165, 1.54) is 12.8 Å². The first-order valence-corrected chi connectivity index (χ1v) is 8.18. The van der Waals surface area contributed by atoms with Gasteiger partial charge < -0.3 is 5.32 Å². The molecule has 0 aromatic heterocycles. The first kappa shape index (κ1) is 13.8. The van der Waals surface area contributed by atoms with Crippen LogP contribution in [0.4, 0.5) is 0 Å². The molecule has 1 heterocycles. The van der Waals surface area contributed by atoms with E-state index in [1.54, 1.807) is 11.8 Å². The molecule has 0 spiro atoms. The molecule has 0 saturated heterocycles. The molecule has 1 aliphatic rings. The maximum absolute atomic E-state index is 10.8. The lowest BCUT2D eigenvalue weighted by atomic mass is 10.2. The van der Waals surface area contributed by atoms with Crippen LogP contribution in [0.2, 0.25) is 0 Å². The van der Waals surface area contributed by atoms with Crippen molar-refractivity contribution in [3.63, 3.8) is 0 Å². The molecule has 0 amide bonds. The maximum Gasteiger partial charge on any atom is 0.208 e. The molecule has 0 radical (unpaired) electrons. The maximum atomic E-state index is 10.8. The first-order chi connectivity index (χ1) is 7.51. The van der Waals surface area contributed by atoms with Crippen molar-refractivity contribution in [1.29, 1.82) is 0 Å². The topological polar surface area (TPSA) is 70.6 Å². The van der Waals surface area contributed by atoms with Crippen LogP contribution in [0, 0.1) is 0 Å². The second-order valence-corrected chi connectivity index (χ2v) is 6.89. The van der Waals surface area contributed by atoms with Crippen molar-refractivity contribution in [1.82, 2.24) is 10.0 Å². The van der Waals surface area contributed by atoms with Crippen molar-refractivity contribution < 1.29 is 8.42 Å². The van der Waals surface area contributed by atoms with E-state index in [2.05, 4.69) is 22.0 Å². The fourth-order valence-corrected chi connectivity index (χ4v) is 3.02. The van der Waals surface area contributed by atoms with Crippen molar-refractivity contribution in [2.45, 2.75) is 25.0 Å². The van der Waals surface area contributed by atoms with E-state index in [0.717, 1.165) is 18.0 Å². The van der Waals surface area contributed by atoms with Crippen LogP contribution >= 0.6 is 11.8 Å². The SMILES string of the molecule is CCCC1CN=C(NCCNS(C)(=O)=O)S1. The van der Waals surface area contributed by atoms with Gasteiger partial charge in [-0.25, -0.2) is 13.1 Å². The van der Waals surface area contributed by atoms with Crippen LogP contribution in [-0.2, 0) is 10.0 Å². The zero-order valence-corrected chi connectivity index (χ0v) is 11.3. The molecule has 1 aliphatic heterocycles. The quantitative estimate of drug-likeness (QED) is 0.682. The van der Waals surface area contributed by atoms with Crippen LogP contribution in [0.3, 0.4) is 0 Å². The van der Waals surface area contributed by atoms with Crippen LogP contribution in [0.1, 0.15) is 19.8 Å². The van der Waals surface area contributed by atoms with Crippen LogP contribution in [-0.4, -0.2) is 44.7 Å². The predicted molar refractivity (Wildman–Crippen MR) is 69.4 cm³/mol. The van der Waals surface area contributed by atoms with E-state index in [4.69, 9.17) is 0 Å². The molecule has 0 fully saturated rings. The van der Waals surface area contributed by atoms with Crippen LogP contribution in [0.25, 0.3) is 0 Å². The van der Waals surface area contributed by atoms with Gasteiger partial charge >= 0.3 is 0 Å². The third-order valence-corrected chi connectivity index (χ3v) is 4.04. The van der Waals surface area contributed by atoms with Gasteiger partial charge in [0.05, 0.1) is 12.8 Å². The Bertz CT molecular complexity index is 341. The van der Waals surface area contributed by atoms with Gasteiger partial charge in [-0.05, 0) is 6.42 Å². The molecule has 94 valence electrons. The van der Waals surface area contributed by atoms with Gasteiger partial charge in [0.15, 0.2) is 5.17 Å². The number of rotatable bonds is 6. The van der Waals surface area contributed by atoms with Crippen molar-refractivity contribution >= 4 is 27.0 Å². The molecular weight excluding hydrogens is 246 g/mol. The molecule has 0 aromatic carbocycles. The highest BCUT2D eigenvalue weighted by atomic mass is 32.2. The fraction of sp³-hybridized carbons (Fsp3) is 0.889. The van der Waals surface area contributed by atoms with Crippen LogP contribution in [0.5, 0.6) is 0 Å². The minimum atomic E-state index is -3.08. The van der Waals surface area contributed by atoms with Crippen molar-refractivity contribution in [3.8, 4) is 0 Å². The Hall–Kier alpha value is -0.270. The fourth-order valence-electron chi connectivity index (χ4n) is 1.39. The summed E-state index contributed by atoms with van der Waals surface area (Å²) in [6, 6.07) is 0. The summed E-state index contributed by atoms with van der Waals surface area (Å²) in [7, 11) is -3.08. The van der Waals surface area contributed by atoms with Gasteiger partial charge in [-0.1, -0.05) is 25.1 Å². The smallest absolute Gasteiger partial charge is 0.208 e. The van der Waals surface area contributed by atoms with E-state index in [9.17, 15) is 8.42 Å². The summed E-state index contributed by atoms with van der Waals surface area (Å²) in [6.45, 7) is 4.02. The van der Waals surface area contributed by atoms with Crippen LogP contribution in [0.15, 0.2) is 4.99 Å². The van der Waals surface area contributed by atoms with E-state index < -0.39 is 10.0 Å². The predicted octanol–water partition coefficient (Wildman–Crippen LogP) is 0.397. The van der Waals surface area contributed by atoms with E-state index in [0.29, 0.717) is 18.3 Å². The molecule has 16 heavy (non-hydrogen) atoms. The average molecular weight is 265 g/mol. The van der Waals surface area contributed by atoms with Gasteiger partial charge in [-0.15, -0.1) is 0 Å². The van der Waals surface area contributed by atoms with Crippen molar-refractivity contribution in [3.05, 3.63) is 0 Å². The lowest BCUT2D eigenvalue weighted by Gasteiger charge is -2.07. The van der Waals surface area contributed by atoms with Gasteiger partial charge in [0.25, 0.3) is 0 Å². The van der Waals surface area contributed by atoms with Gasteiger partial charge in [0, 0.05) is 18.3 Å². The third-order valence-electron chi connectivity index (χ3n) is 2.09. The number of sulfonamides is 1. The summed E-state index contributed by atoms with van der Waals surface area (Å²) >= 11 is 1.75. The second-order valence-electron chi connectivity index (χ2n) is 3.77. The summed E-state index contributed by atoms with van der Waals surface area (Å²) in [5.41, 5.74) is 0. The van der Waals surface area contributed by atoms with E-state index in [-0.39, 0.29) is 0 Å². The Labute approximate surface area is 102 Å². The molecule has 0 aromatic rings. The average Bonchev–Trinajstić information content (AvgIpc) is 2.60. The Morgan fingerprint density at radius 2 is 2.25 bits per heavy atom. The van der Waals surface area contributed by atoms with Gasteiger partial charge in [0.2, 0.25) is 10.0 Å². The molecule has 5 nitrogen and oxygen atoms in total. The van der Waals surface area contributed by atoms with Crippen molar-refractivity contribution in [2.24, 2.45) is 4.99 Å². The minimum absolute atomic E-state index is 0.400. The molecule has 1 atom stereocenters. The largest absolute Gasteiger partial charge is 0.364 e. The van der Waals surface area contributed by atoms with Crippen molar-refractivity contribution in [2.75, 3.05) is 25.9 Å². The van der Waals surface area contributed by atoms with Gasteiger partial charge in [-0.3, -0.25) is 4.99 Å². The van der Waals surface area contributed by atoms with Crippen LogP contribution < -0.4 is 10.0 Å². The Morgan fingerprint density at radius 3 is 2.88 bits per heavy atom. The number of hydrogen-bond acceptors (Lipinski definition) is 5. The molecule has 0 aliphatic carbocycles. The lowest BCUT2D eigenvalue weighted by molar-refractivity contribution is 0.587. The Balaban J connectivity index is 2.11. The highest BCUT2D eigenvalue weighted by Gasteiger charge is 2.17. The first-order valence-electron chi connectivity index (χ1n) is 5.41. The highest BCUT2D eigenvalue weighted by molar-refractivity contribution is 8.14. The highest BCUT2D eigenvalue weighted by Crippen LogP contribution is 2.23. The van der Waals surface area contributed by atoms with E-state index >= 15 is 0 Å². The standard InChI is InChI=1S/C9H19N3O2S2/c1-3-4-8-7-11-9(15-8)10-5-6-12-16(2,13)14/h8,12H,3-7H2,1-2H3,(H,10,11). The molecule has 0 saturated carbocycles. The normalized spacial score (nSPS) is 20.9. The Kier molecular flexibility index (Phi) is 5.57. The van der Waals surface area contributed by atoms with E-state index in [1.807, 2.05) is 0 Å². The summed E-state index contributed by atoms with van der Waals surface area (Å²) in [4.78, 5) is 4.36. The molecule has 1 unspecified atom stereocenters. The minimum Gasteiger partial charge on any atom is -0.364 e. The molecule has 2 N–H and O–H groups in total. The second kappa shape index (κ2) is 6.46. The molecule has 0 bridgehead atoms. The Morgan fingerprint density at radius 1 is 1.50 bits per heavy atom. The number of hydrogen-bond donors (Lipinski definition) is 2. The van der Waals surface area contributed by atoms with Gasteiger partial charge in [-0.2, -0.15) is 0 Å². The van der Waals surface area contributed by atoms with Gasteiger partial charge in [0.1, 0.15) is 0 Å². The summed E-state index contributed by atoms with van der Waals surface area (Å²) in [5.74, 6) is 0. The number of aliphatic imine (C=N–C) groups is 1. The zero-order chi connectivity index (χ0) is 12.0. The number of nitrogens with zero attached hydrogens (tertiary/aromatic N) is 1. The molecule has 1 rings (SSSR count).